The van der Waals surface area contributed by atoms with Crippen LogP contribution in [0, 0.1) is 0 Å². The SMILES string of the molecule is c1coc(Cc2ccc(NC3CCCCC3)cc2NC2CCCCC2)c1. The van der Waals surface area contributed by atoms with Gasteiger partial charge in [0.05, 0.1) is 6.26 Å². The second kappa shape index (κ2) is 8.66. The minimum atomic E-state index is 0.615. The average Bonchev–Trinajstić information content (AvgIpc) is 3.19. The summed E-state index contributed by atoms with van der Waals surface area (Å²) >= 11 is 0. The molecule has 1 aromatic carbocycles. The molecule has 2 N–H and O–H groups in total. The van der Waals surface area contributed by atoms with Crippen LogP contribution in [0.2, 0.25) is 0 Å². The van der Waals surface area contributed by atoms with Crippen molar-refractivity contribution in [3.05, 3.63) is 47.9 Å². The fourth-order valence-corrected chi connectivity index (χ4v) is 4.51. The van der Waals surface area contributed by atoms with Crippen molar-refractivity contribution in [2.75, 3.05) is 10.6 Å². The predicted octanol–water partition coefficient (Wildman–Crippen LogP) is 6.36. The number of hydrogen-bond acceptors (Lipinski definition) is 3. The van der Waals surface area contributed by atoms with E-state index in [0.29, 0.717) is 12.1 Å². The Morgan fingerprint density at radius 2 is 1.50 bits per heavy atom. The molecule has 1 aromatic heterocycles. The Bertz CT molecular complexity index is 668. The van der Waals surface area contributed by atoms with Gasteiger partial charge in [0.1, 0.15) is 5.76 Å². The summed E-state index contributed by atoms with van der Waals surface area (Å²) in [5, 5.41) is 7.64. The largest absolute Gasteiger partial charge is 0.469 e. The van der Waals surface area contributed by atoms with Crippen LogP contribution in [-0.2, 0) is 6.42 Å². The summed E-state index contributed by atoms with van der Waals surface area (Å²) in [5.74, 6) is 1.03. The van der Waals surface area contributed by atoms with Gasteiger partial charge >= 0.3 is 0 Å². The molecule has 0 atom stereocenters. The van der Waals surface area contributed by atoms with Gasteiger partial charge in [-0.15, -0.1) is 0 Å². The van der Waals surface area contributed by atoms with Crippen molar-refractivity contribution in [3.8, 4) is 0 Å². The molecular weight excluding hydrogens is 320 g/mol. The van der Waals surface area contributed by atoms with Gasteiger partial charge in [-0.2, -0.15) is 0 Å². The van der Waals surface area contributed by atoms with Crippen molar-refractivity contribution in [1.29, 1.82) is 0 Å². The molecule has 3 nitrogen and oxygen atoms in total. The molecule has 0 radical (unpaired) electrons. The van der Waals surface area contributed by atoms with Crippen molar-refractivity contribution in [3.63, 3.8) is 0 Å². The van der Waals surface area contributed by atoms with Crippen molar-refractivity contribution in [1.82, 2.24) is 0 Å². The lowest BCUT2D eigenvalue weighted by atomic mass is 9.94. The molecular formula is C23H32N2O. The molecule has 4 rings (SSSR count). The van der Waals surface area contributed by atoms with E-state index in [1.165, 1.54) is 81.1 Å². The zero-order valence-electron chi connectivity index (χ0n) is 15.8. The molecule has 2 fully saturated rings. The first kappa shape index (κ1) is 17.5. The Balaban J connectivity index is 1.51. The second-order valence-corrected chi connectivity index (χ2v) is 8.09. The highest BCUT2D eigenvalue weighted by atomic mass is 16.3. The van der Waals surface area contributed by atoms with Crippen LogP contribution < -0.4 is 10.6 Å². The zero-order valence-corrected chi connectivity index (χ0v) is 15.8. The molecule has 1 heterocycles. The maximum Gasteiger partial charge on any atom is 0.108 e. The number of hydrogen-bond donors (Lipinski definition) is 2. The van der Waals surface area contributed by atoms with Crippen LogP contribution >= 0.6 is 0 Å². The normalized spacial score (nSPS) is 19.4. The van der Waals surface area contributed by atoms with E-state index in [-0.39, 0.29) is 0 Å². The first-order chi connectivity index (χ1) is 12.9. The lowest BCUT2D eigenvalue weighted by molar-refractivity contribution is 0.461. The van der Waals surface area contributed by atoms with E-state index in [1.807, 2.05) is 6.07 Å². The molecule has 0 unspecified atom stereocenters. The third-order valence-corrected chi connectivity index (χ3v) is 6.00. The van der Waals surface area contributed by atoms with Crippen LogP contribution in [0.25, 0.3) is 0 Å². The van der Waals surface area contributed by atoms with Crippen LogP contribution in [0.5, 0.6) is 0 Å². The highest BCUT2D eigenvalue weighted by Crippen LogP contribution is 2.29. The summed E-state index contributed by atoms with van der Waals surface area (Å²) in [7, 11) is 0. The smallest absolute Gasteiger partial charge is 0.108 e. The van der Waals surface area contributed by atoms with Crippen molar-refractivity contribution in [2.24, 2.45) is 0 Å². The Kier molecular flexibility index (Phi) is 5.83. The molecule has 2 aliphatic carbocycles. The first-order valence-electron chi connectivity index (χ1n) is 10.6. The standard InChI is InChI=1S/C23H32N2O/c1-3-8-19(9-4-1)24-21-14-13-18(16-22-12-7-15-26-22)23(17-21)25-20-10-5-2-6-11-20/h7,12-15,17,19-20,24-25H,1-6,8-11,16H2. The molecule has 0 spiro atoms. The molecule has 0 saturated heterocycles. The van der Waals surface area contributed by atoms with Crippen LogP contribution in [-0.4, -0.2) is 12.1 Å². The summed E-state index contributed by atoms with van der Waals surface area (Å²) in [5.41, 5.74) is 3.88. The summed E-state index contributed by atoms with van der Waals surface area (Å²) < 4.78 is 5.59. The van der Waals surface area contributed by atoms with Crippen LogP contribution in [0.4, 0.5) is 11.4 Å². The molecule has 2 aliphatic rings. The van der Waals surface area contributed by atoms with E-state index in [0.717, 1.165) is 12.2 Å². The summed E-state index contributed by atoms with van der Waals surface area (Å²) in [4.78, 5) is 0. The number of rotatable bonds is 6. The monoisotopic (exact) mass is 352 g/mol. The van der Waals surface area contributed by atoms with E-state index >= 15 is 0 Å². The molecule has 0 amide bonds. The number of nitrogens with one attached hydrogen (secondary N) is 2. The maximum absolute atomic E-state index is 5.59. The first-order valence-corrected chi connectivity index (χ1v) is 10.6. The van der Waals surface area contributed by atoms with Gasteiger partial charge < -0.3 is 15.1 Å². The summed E-state index contributed by atoms with van der Waals surface area (Å²) in [6, 6.07) is 12.2. The predicted molar refractivity (Wildman–Crippen MR) is 109 cm³/mol. The van der Waals surface area contributed by atoms with Gasteiger partial charge in [-0.1, -0.05) is 44.6 Å². The van der Waals surface area contributed by atoms with Gasteiger partial charge in [0.25, 0.3) is 0 Å². The summed E-state index contributed by atoms with van der Waals surface area (Å²) in [6.07, 6.45) is 16.0. The lowest BCUT2D eigenvalue weighted by Crippen LogP contribution is -2.24. The number of furan rings is 1. The zero-order chi connectivity index (χ0) is 17.6. The lowest BCUT2D eigenvalue weighted by Gasteiger charge is -2.27. The van der Waals surface area contributed by atoms with Crippen molar-refractivity contribution < 1.29 is 4.42 Å². The van der Waals surface area contributed by atoms with E-state index in [2.05, 4.69) is 34.9 Å². The molecule has 3 heteroatoms. The van der Waals surface area contributed by atoms with Gasteiger partial charge in [-0.25, -0.2) is 0 Å². The number of benzene rings is 1. The minimum absolute atomic E-state index is 0.615. The van der Waals surface area contributed by atoms with Gasteiger partial charge in [-0.05, 0) is 55.5 Å². The Morgan fingerprint density at radius 1 is 0.808 bits per heavy atom. The molecule has 0 aliphatic heterocycles. The number of anilines is 2. The third-order valence-electron chi connectivity index (χ3n) is 6.00. The molecule has 2 saturated carbocycles. The average molecular weight is 353 g/mol. The van der Waals surface area contributed by atoms with Gasteiger partial charge in [0.15, 0.2) is 0 Å². The molecule has 26 heavy (non-hydrogen) atoms. The molecule has 0 bridgehead atoms. The Hall–Kier alpha value is -1.90. The Labute approximate surface area is 157 Å². The van der Waals surface area contributed by atoms with E-state index in [9.17, 15) is 0 Å². The van der Waals surface area contributed by atoms with E-state index in [1.54, 1.807) is 6.26 Å². The third kappa shape index (κ3) is 4.63. The Morgan fingerprint density at radius 3 is 2.15 bits per heavy atom. The molecule has 2 aromatic rings. The highest BCUT2D eigenvalue weighted by Gasteiger charge is 2.17. The van der Waals surface area contributed by atoms with Crippen molar-refractivity contribution >= 4 is 11.4 Å². The summed E-state index contributed by atoms with van der Waals surface area (Å²) in [6.45, 7) is 0. The van der Waals surface area contributed by atoms with Crippen LogP contribution in [0.3, 0.4) is 0 Å². The quantitative estimate of drug-likeness (QED) is 0.635. The fraction of sp³-hybridized carbons (Fsp3) is 0.565. The van der Waals surface area contributed by atoms with Crippen LogP contribution in [0.1, 0.15) is 75.5 Å². The highest BCUT2D eigenvalue weighted by molar-refractivity contribution is 5.63. The minimum Gasteiger partial charge on any atom is -0.469 e. The van der Waals surface area contributed by atoms with Gasteiger partial charge in [0, 0.05) is 29.9 Å². The fourth-order valence-electron chi connectivity index (χ4n) is 4.51. The van der Waals surface area contributed by atoms with Gasteiger partial charge in [0.2, 0.25) is 0 Å². The second-order valence-electron chi connectivity index (χ2n) is 8.09. The van der Waals surface area contributed by atoms with E-state index < -0.39 is 0 Å². The molecule has 140 valence electrons. The van der Waals surface area contributed by atoms with Gasteiger partial charge in [-0.3, -0.25) is 0 Å². The van der Waals surface area contributed by atoms with Crippen molar-refractivity contribution in [2.45, 2.75) is 82.7 Å². The van der Waals surface area contributed by atoms with Crippen LogP contribution in [0.15, 0.2) is 41.0 Å². The topological polar surface area (TPSA) is 37.2 Å². The van der Waals surface area contributed by atoms with E-state index in [4.69, 9.17) is 4.42 Å². The maximum atomic E-state index is 5.59.